The molecule has 0 bridgehead atoms. The third kappa shape index (κ3) is 4.95. The summed E-state index contributed by atoms with van der Waals surface area (Å²) < 4.78 is 1.12. The number of thiophene rings is 1. The Kier molecular flexibility index (Phi) is 5.97. The van der Waals surface area contributed by atoms with E-state index in [2.05, 4.69) is 37.3 Å². The van der Waals surface area contributed by atoms with Gasteiger partial charge in [0.15, 0.2) is 0 Å². The third-order valence-electron chi connectivity index (χ3n) is 2.40. The van der Waals surface area contributed by atoms with E-state index < -0.39 is 11.9 Å². The second-order valence-electron chi connectivity index (χ2n) is 3.97. The number of thiazole rings is 1. The van der Waals surface area contributed by atoms with Crippen molar-refractivity contribution in [3.63, 3.8) is 0 Å². The van der Waals surface area contributed by atoms with E-state index in [0.29, 0.717) is 0 Å². The number of hydrogen-bond acceptors (Lipinski definition) is 6. The Bertz CT molecular complexity index is 805. The number of hydrogen-bond donors (Lipinski definition) is 2. The molecule has 0 aromatic carbocycles. The molecule has 118 valence electrons. The van der Waals surface area contributed by atoms with Crippen molar-refractivity contribution in [2.75, 3.05) is 0 Å². The molecule has 2 N–H and O–H groups in total. The van der Waals surface area contributed by atoms with Crippen LogP contribution in [0.3, 0.4) is 0 Å². The maximum absolute atomic E-state index is 9.10. The van der Waals surface area contributed by atoms with Crippen LogP contribution in [0.15, 0.2) is 45.7 Å². The number of carbonyl (C=O) groups is 2. The Hall–Kier alpha value is -2.10. The molecule has 0 saturated heterocycles. The molecule has 0 aliphatic carbocycles. The van der Waals surface area contributed by atoms with Gasteiger partial charge in [-0.15, -0.1) is 22.7 Å². The molecule has 3 rings (SSSR count). The second kappa shape index (κ2) is 7.95. The van der Waals surface area contributed by atoms with Crippen LogP contribution in [0, 0.1) is 0 Å². The van der Waals surface area contributed by atoms with Gasteiger partial charge in [0.1, 0.15) is 5.01 Å². The van der Waals surface area contributed by atoms with Crippen molar-refractivity contribution in [3.8, 4) is 21.3 Å². The van der Waals surface area contributed by atoms with Gasteiger partial charge in [0.25, 0.3) is 0 Å². The molecular formula is C14H9BrN2O4S2. The summed E-state index contributed by atoms with van der Waals surface area (Å²) in [5.74, 6) is -3.65. The first kappa shape index (κ1) is 17.3. The van der Waals surface area contributed by atoms with Gasteiger partial charge < -0.3 is 10.2 Å². The quantitative estimate of drug-likeness (QED) is 0.619. The van der Waals surface area contributed by atoms with Crippen LogP contribution >= 0.6 is 38.6 Å². The summed E-state index contributed by atoms with van der Waals surface area (Å²) in [7, 11) is 0. The van der Waals surface area contributed by atoms with Gasteiger partial charge in [-0.05, 0) is 40.2 Å². The Balaban J connectivity index is 0.000000277. The van der Waals surface area contributed by atoms with Gasteiger partial charge in [0, 0.05) is 11.6 Å². The predicted molar refractivity (Wildman–Crippen MR) is 91.6 cm³/mol. The highest BCUT2D eigenvalue weighted by Crippen LogP contribution is 2.33. The number of nitrogens with zero attached hydrogens (tertiary/aromatic N) is 2. The van der Waals surface area contributed by atoms with Gasteiger partial charge in [-0.1, -0.05) is 6.07 Å². The van der Waals surface area contributed by atoms with Crippen LogP contribution in [0.1, 0.15) is 0 Å². The summed E-state index contributed by atoms with van der Waals surface area (Å²) >= 11 is 6.78. The fourth-order valence-corrected chi connectivity index (χ4v) is 3.66. The summed E-state index contributed by atoms with van der Waals surface area (Å²) in [6.07, 6.45) is 1.79. The lowest BCUT2D eigenvalue weighted by atomic mass is 10.3. The topological polar surface area (TPSA) is 100 Å². The molecule has 3 aromatic rings. The van der Waals surface area contributed by atoms with E-state index >= 15 is 0 Å². The lowest BCUT2D eigenvalue weighted by molar-refractivity contribution is -0.159. The van der Waals surface area contributed by atoms with Crippen LogP contribution in [-0.2, 0) is 9.59 Å². The average Bonchev–Trinajstić information content (AvgIpc) is 3.17. The van der Waals surface area contributed by atoms with E-state index in [-0.39, 0.29) is 0 Å². The zero-order valence-corrected chi connectivity index (χ0v) is 14.6. The monoisotopic (exact) mass is 412 g/mol. The molecule has 0 atom stereocenters. The minimum Gasteiger partial charge on any atom is -0.473 e. The van der Waals surface area contributed by atoms with Gasteiger partial charge in [-0.3, -0.25) is 4.98 Å². The maximum Gasteiger partial charge on any atom is 0.414 e. The number of rotatable bonds is 2. The molecule has 0 amide bonds. The molecule has 3 aromatic heterocycles. The van der Waals surface area contributed by atoms with Crippen LogP contribution in [0.2, 0.25) is 0 Å². The molecule has 0 radical (unpaired) electrons. The van der Waals surface area contributed by atoms with Crippen molar-refractivity contribution in [3.05, 3.63) is 45.7 Å². The predicted octanol–water partition coefficient (Wildman–Crippen LogP) is 3.85. The standard InChI is InChI=1S/C12H7BrN2S2.C2H2O4/c13-11-5-4-10(17-11)9-7-16-12(15-9)8-3-1-2-6-14-8;3-1(4)2(5)6/h1-7H;(H,3,4)(H,5,6). The minimum absolute atomic E-state index is 0.930. The van der Waals surface area contributed by atoms with Crippen LogP contribution < -0.4 is 0 Å². The highest BCUT2D eigenvalue weighted by atomic mass is 79.9. The van der Waals surface area contributed by atoms with Crippen molar-refractivity contribution in [2.45, 2.75) is 0 Å². The highest BCUT2D eigenvalue weighted by molar-refractivity contribution is 9.11. The van der Waals surface area contributed by atoms with Gasteiger partial charge in [0.05, 0.1) is 20.1 Å². The Morgan fingerprint density at radius 3 is 2.30 bits per heavy atom. The van der Waals surface area contributed by atoms with E-state index in [0.717, 1.165) is 20.2 Å². The van der Waals surface area contributed by atoms with Crippen molar-refractivity contribution in [1.82, 2.24) is 9.97 Å². The second-order valence-corrected chi connectivity index (χ2v) is 7.29. The number of carboxylic acids is 2. The Morgan fingerprint density at radius 2 is 1.78 bits per heavy atom. The number of carboxylic acid groups (broad SMARTS) is 2. The van der Waals surface area contributed by atoms with Crippen molar-refractivity contribution in [1.29, 1.82) is 0 Å². The van der Waals surface area contributed by atoms with E-state index in [4.69, 9.17) is 19.8 Å². The van der Waals surface area contributed by atoms with Crippen LogP contribution in [0.4, 0.5) is 0 Å². The molecule has 3 heterocycles. The summed E-state index contributed by atoms with van der Waals surface area (Å²) in [4.78, 5) is 28.3. The first-order valence-corrected chi connectivity index (χ1v) is 8.55. The highest BCUT2D eigenvalue weighted by Gasteiger charge is 2.08. The lowest BCUT2D eigenvalue weighted by Gasteiger charge is -1.92. The lowest BCUT2D eigenvalue weighted by Crippen LogP contribution is -2.09. The number of aliphatic carboxylic acids is 2. The molecule has 6 nitrogen and oxygen atoms in total. The molecular weight excluding hydrogens is 404 g/mol. The molecule has 0 aliphatic rings. The maximum atomic E-state index is 9.10. The van der Waals surface area contributed by atoms with Crippen LogP contribution in [0.5, 0.6) is 0 Å². The van der Waals surface area contributed by atoms with Crippen molar-refractivity contribution < 1.29 is 19.8 Å². The van der Waals surface area contributed by atoms with Crippen molar-refractivity contribution in [2.24, 2.45) is 0 Å². The fraction of sp³-hybridized carbons (Fsp3) is 0. The molecule has 0 aliphatic heterocycles. The van der Waals surface area contributed by atoms with Crippen molar-refractivity contribution >= 4 is 50.5 Å². The molecule has 0 unspecified atom stereocenters. The first-order valence-electron chi connectivity index (χ1n) is 6.06. The first-order chi connectivity index (χ1) is 11.0. The van der Waals surface area contributed by atoms with E-state index in [1.165, 1.54) is 4.88 Å². The van der Waals surface area contributed by atoms with Crippen LogP contribution in [0.25, 0.3) is 21.3 Å². The SMILES string of the molecule is Brc1ccc(-c2csc(-c3ccccn3)n2)s1.O=C(O)C(=O)O. The third-order valence-corrected chi connectivity index (χ3v) is 4.91. The average molecular weight is 413 g/mol. The zero-order chi connectivity index (χ0) is 16.8. The minimum atomic E-state index is -1.82. The summed E-state index contributed by atoms with van der Waals surface area (Å²) in [5.41, 5.74) is 1.95. The Morgan fingerprint density at radius 1 is 1.04 bits per heavy atom. The summed E-state index contributed by atoms with van der Waals surface area (Å²) in [6, 6.07) is 9.98. The molecule has 9 heteroatoms. The smallest absolute Gasteiger partial charge is 0.414 e. The molecule has 0 spiro atoms. The van der Waals surface area contributed by atoms with Crippen LogP contribution in [-0.4, -0.2) is 32.1 Å². The van der Waals surface area contributed by atoms with E-state index in [1.807, 2.05) is 24.3 Å². The fourth-order valence-electron chi connectivity index (χ4n) is 1.45. The van der Waals surface area contributed by atoms with Gasteiger partial charge >= 0.3 is 11.9 Å². The number of pyridine rings is 1. The van der Waals surface area contributed by atoms with Gasteiger partial charge in [-0.25, -0.2) is 14.6 Å². The van der Waals surface area contributed by atoms with E-state index in [1.54, 1.807) is 28.9 Å². The summed E-state index contributed by atoms with van der Waals surface area (Å²) in [5, 5.41) is 17.8. The number of halogens is 1. The normalized spacial score (nSPS) is 9.78. The van der Waals surface area contributed by atoms with Gasteiger partial charge in [0.2, 0.25) is 0 Å². The zero-order valence-electron chi connectivity index (χ0n) is 11.3. The summed E-state index contributed by atoms with van der Waals surface area (Å²) in [6.45, 7) is 0. The van der Waals surface area contributed by atoms with E-state index in [9.17, 15) is 0 Å². The molecule has 0 fully saturated rings. The largest absolute Gasteiger partial charge is 0.473 e. The molecule has 23 heavy (non-hydrogen) atoms. The Labute approximate surface area is 147 Å². The number of aromatic nitrogens is 2. The molecule has 0 saturated carbocycles. The van der Waals surface area contributed by atoms with Gasteiger partial charge in [-0.2, -0.15) is 0 Å².